The second-order valence-electron chi connectivity index (χ2n) is 3.95. The molecule has 1 aromatic rings. The van der Waals surface area contributed by atoms with Crippen molar-refractivity contribution in [2.75, 3.05) is 6.61 Å². The highest BCUT2D eigenvalue weighted by atomic mass is 19.4. The van der Waals surface area contributed by atoms with Gasteiger partial charge in [0.05, 0.1) is 13.0 Å². The quantitative estimate of drug-likeness (QED) is 0.631. The predicted octanol–water partition coefficient (Wildman–Crippen LogP) is 3.45. The lowest BCUT2D eigenvalue weighted by molar-refractivity contribution is -0.143. The Labute approximate surface area is 111 Å². The Bertz CT molecular complexity index is 499. The van der Waals surface area contributed by atoms with Gasteiger partial charge in [-0.25, -0.2) is 13.8 Å². The Morgan fingerprint density at radius 3 is 2.45 bits per heavy atom. The van der Waals surface area contributed by atoms with E-state index in [0.29, 0.717) is 6.07 Å². The zero-order valence-electron chi connectivity index (χ0n) is 10.7. The highest BCUT2D eigenvalue weighted by molar-refractivity contribution is 5.73. The first-order valence-electron chi connectivity index (χ1n) is 5.68. The molecule has 0 amide bonds. The predicted molar refractivity (Wildman–Crippen MR) is 59.3 cm³/mol. The van der Waals surface area contributed by atoms with Crippen molar-refractivity contribution < 1.29 is 31.5 Å². The normalized spacial score (nSPS) is 11.8. The summed E-state index contributed by atoms with van der Waals surface area (Å²) in [6.07, 6.45) is -8.70. The van der Waals surface area contributed by atoms with Crippen LogP contribution in [-0.4, -0.2) is 17.6 Å². The highest BCUT2D eigenvalue weighted by Crippen LogP contribution is 2.36. The van der Waals surface area contributed by atoms with Crippen LogP contribution >= 0.6 is 0 Å². The van der Waals surface area contributed by atoms with Gasteiger partial charge >= 0.3 is 12.1 Å². The van der Waals surface area contributed by atoms with E-state index in [0.717, 1.165) is 0 Å². The summed E-state index contributed by atoms with van der Waals surface area (Å²) in [5.74, 6) is -0.711. The van der Waals surface area contributed by atoms with Gasteiger partial charge < -0.3 is 4.74 Å². The molecular weight excluding hydrogens is 285 g/mol. The fraction of sp³-hybridized carbons (Fsp3) is 0.500. The lowest BCUT2D eigenvalue weighted by atomic mass is 10.0. The highest BCUT2D eigenvalue weighted by Gasteiger charge is 2.38. The van der Waals surface area contributed by atoms with E-state index < -0.39 is 36.2 Å². The summed E-state index contributed by atoms with van der Waals surface area (Å²) in [6, 6.07) is 0.659. The number of halogens is 5. The standard InChI is InChI=1S/C12H12F5NO2/c1-3-20-9(19)5-7-4-8(11(13)14)10(12(15,16)17)18-6(7)2/h4,11H,3,5H2,1-2H3. The Kier molecular flexibility index (Phi) is 5.02. The van der Waals surface area contributed by atoms with Crippen LogP contribution in [0.3, 0.4) is 0 Å². The Balaban J connectivity index is 3.24. The third kappa shape index (κ3) is 3.88. The van der Waals surface area contributed by atoms with E-state index in [-0.39, 0.29) is 17.9 Å². The molecule has 1 heterocycles. The van der Waals surface area contributed by atoms with E-state index in [4.69, 9.17) is 0 Å². The van der Waals surface area contributed by atoms with Gasteiger partial charge in [0.25, 0.3) is 6.43 Å². The fourth-order valence-electron chi connectivity index (χ4n) is 1.60. The summed E-state index contributed by atoms with van der Waals surface area (Å²) in [7, 11) is 0. The molecule has 0 N–H and O–H groups in total. The summed E-state index contributed by atoms with van der Waals surface area (Å²) >= 11 is 0. The number of nitrogens with zero attached hydrogens (tertiary/aromatic N) is 1. The first-order valence-corrected chi connectivity index (χ1v) is 5.68. The number of ether oxygens (including phenoxy) is 1. The maximum atomic E-state index is 12.7. The minimum atomic E-state index is -4.97. The fourth-order valence-corrected chi connectivity index (χ4v) is 1.60. The monoisotopic (exact) mass is 297 g/mol. The average molecular weight is 297 g/mol. The molecule has 20 heavy (non-hydrogen) atoms. The zero-order chi connectivity index (χ0) is 15.5. The average Bonchev–Trinajstić information content (AvgIpc) is 2.30. The van der Waals surface area contributed by atoms with E-state index in [1.54, 1.807) is 6.92 Å². The number of carbonyl (C=O) groups excluding carboxylic acids is 1. The minimum Gasteiger partial charge on any atom is -0.466 e. The van der Waals surface area contributed by atoms with Gasteiger partial charge in [-0.3, -0.25) is 4.79 Å². The van der Waals surface area contributed by atoms with Gasteiger partial charge in [-0.05, 0) is 25.5 Å². The molecule has 0 aliphatic rings. The molecule has 0 spiro atoms. The van der Waals surface area contributed by atoms with E-state index in [2.05, 4.69) is 9.72 Å². The van der Waals surface area contributed by atoms with Gasteiger partial charge in [-0.15, -0.1) is 0 Å². The number of aryl methyl sites for hydroxylation is 1. The second-order valence-corrected chi connectivity index (χ2v) is 3.95. The van der Waals surface area contributed by atoms with Crippen molar-refractivity contribution in [3.05, 3.63) is 28.6 Å². The molecule has 0 atom stereocenters. The van der Waals surface area contributed by atoms with Gasteiger partial charge in [-0.2, -0.15) is 13.2 Å². The molecule has 1 aromatic heterocycles. The van der Waals surface area contributed by atoms with Crippen molar-refractivity contribution in [2.45, 2.75) is 32.9 Å². The molecule has 0 saturated heterocycles. The van der Waals surface area contributed by atoms with Crippen LogP contribution in [0.25, 0.3) is 0 Å². The summed E-state index contributed by atoms with van der Waals surface area (Å²) in [6.45, 7) is 2.87. The molecule has 1 rings (SSSR count). The Hall–Kier alpha value is -1.73. The van der Waals surface area contributed by atoms with Gasteiger partial charge in [0, 0.05) is 11.3 Å². The SMILES string of the molecule is CCOC(=O)Cc1cc(C(F)F)c(C(F)(F)F)nc1C. The molecule has 8 heteroatoms. The van der Waals surface area contributed by atoms with E-state index in [9.17, 15) is 26.7 Å². The molecular formula is C12H12F5NO2. The zero-order valence-corrected chi connectivity index (χ0v) is 10.7. The number of hydrogen-bond donors (Lipinski definition) is 0. The minimum absolute atomic E-state index is 0.00764. The van der Waals surface area contributed by atoms with Crippen molar-refractivity contribution in [3.63, 3.8) is 0 Å². The molecule has 0 aliphatic carbocycles. The molecule has 112 valence electrons. The lowest BCUT2D eigenvalue weighted by Crippen LogP contribution is -2.16. The summed E-state index contributed by atoms with van der Waals surface area (Å²) in [5, 5.41) is 0. The number of pyridine rings is 1. The van der Waals surface area contributed by atoms with Crippen LogP contribution < -0.4 is 0 Å². The van der Waals surface area contributed by atoms with E-state index >= 15 is 0 Å². The largest absolute Gasteiger partial charge is 0.466 e. The molecule has 0 unspecified atom stereocenters. The summed E-state index contributed by atoms with van der Waals surface area (Å²) in [4.78, 5) is 14.4. The number of alkyl halides is 5. The number of aromatic nitrogens is 1. The number of hydrogen-bond acceptors (Lipinski definition) is 3. The number of rotatable bonds is 4. The first kappa shape index (κ1) is 16.3. The molecule has 3 nitrogen and oxygen atoms in total. The van der Waals surface area contributed by atoms with Gasteiger partial charge in [0.2, 0.25) is 0 Å². The molecule has 0 aliphatic heterocycles. The van der Waals surface area contributed by atoms with Gasteiger partial charge in [0.1, 0.15) is 0 Å². The van der Waals surface area contributed by atoms with Gasteiger partial charge in [-0.1, -0.05) is 0 Å². The topological polar surface area (TPSA) is 39.2 Å². The van der Waals surface area contributed by atoms with Crippen molar-refractivity contribution in [1.82, 2.24) is 4.98 Å². The van der Waals surface area contributed by atoms with Crippen LogP contribution in [0.5, 0.6) is 0 Å². The van der Waals surface area contributed by atoms with Gasteiger partial charge in [0.15, 0.2) is 5.69 Å². The number of esters is 1. The number of carbonyl (C=O) groups is 1. The first-order chi connectivity index (χ1) is 9.16. The van der Waals surface area contributed by atoms with Crippen LogP contribution in [0.1, 0.15) is 35.9 Å². The molecule has 0 fully saturated rings. The third-order valence-electron chi connectivity index (χ3n) is 2.49. The van der Waals surface area contributed by atoms with Crippen molar-refractivity contribution in [3.8, 4) is 0 Å². The molecule has 0 radical (unpaired) electrons. The van der Waals surface area contributed by atoms with Crippen molar-refractivity contribution >= 4 is 5.97 Å². The van der Waals surface area contributed by atoms with Crippen LogP contribution in [-0.2, 0) is 22.1 Å². The summed E-state index contributed by atoms with van der Waals surface area (Å²) < 4.78 is 67.9. The molecule has 0 aromatic carbocycles. The van der Waals surface area contributed by atoms with Crippen LogP contribution in [0, 0.1) is 6.92 Å². The lowest BCUT2D eigenvalue weighted by Gasteiger charge is -2.15. The smallest absolute Gasteiger partial charge is 0.433 e. The molecule has 0 bridgehead atoms. The third-order valence-corrected chi connectivity index (χ3v) is 2.49. The Morgan fingerprint density at radius 1 is 1.40 bits per heavy atom. The molecule has 0 saturated carbocycles. The van der Waals surface area contributed by atoms with Crippen LogP contribution in [0.15, 0.2) is 6.07 Å². The maximum Gasteiger partial charge on any atom is 0.433 e. The van der Waals surface area contributed by atoms with Crippen molar-refractivity contribution in [1.29, 1.82) is 0 Å². The second kappa shape index (κ2) is 6.15. The van der Waals surface area contributed by atoms with Crippen LogP contribution in [0.4, 0.5) is 22.0 Å². The van der Waals surface area contributed by atoms with Crippen LogP contribution in [0.2, 0.25) is 0 Å². The van der Waals surface area contributed by atoms with E-state index in [1.165, 1.54) is 6.92 Å². The van der Waals surface area contributed by atoms with E-state index in [1.807, 2.05) is 0 Å². The Morgan fingerprint density at radius 2 is 2.00 bits per heavy atom. The summed E-state index contributed by atoms with van der Waals surface area (Å²) in [5.41, 5.74) is -3.00. The maximum absolute atomic E-state index is 12.7. The van der Waals surface area contributed by atoms with Crippen molar-refractivity contribution in [2.24, 2.45) is 0 Å².